The summed E-state index contributed by atoms with van der Waals surface area (Å²) in [5.41, 5.74) is 5.02. The number of rotatable bonds is 8. The molecule has 0 radical (unpaired) electrons. The minimum Gasteiger partial charge on any atom is -0.494 e. The molecular formula is C21H26N2O3. The Hall–Kier alpha value is -2.82. The first kappa shape index (κ1) is 19.5. The second-order valence-corrected chi connectivity index (χ2v) is 6.24. The number of hydrogen-bond acceptors (Lipinski definition) is 4. The Kier molecular flexibility index (Phi) is 7.21. The molecule has 2 aromatic carbocycles. The number of ether oxygens (including phenoxy) is 2. The van der Waals surface area contributed by atoms with Gasteiger partial charge in [-0.25, -0.2) is 5.43 Å². The fraction of sp³-hybridized carbons (Fsp3) is 0.333. The van der Waals surface area contributed by atoms with Gasteiger partial charge in [0.2, 0.25) is 0 Å². The minimum absolute atomic E-state index is 0.219. The van der Waals surface area contributed by atoms with E-state index in [1.165, 1.54) is 0 Å². The second-order valence-electron chi connectivity index (χ2n) is 6.24. The average Bonchev–Trinajstić information content (AvgIpc) is 2.65. The molecule has 0 unspecified atom stereocenters. The average molecular weight is 354 g/mol. The van der Waals surface area contributed by atoms with Crippen molar-refractivity contribution in [1.29, 1.82) is 0 Å². The number of amides is 1. The van der Waals surface area contributed by atoms with Crippen LogP contribution in [-0.4, -0.2) is 18.2 Å². The monoisotopic (exact) mass is 354 g/mol. The van der Waals surface area contributed by atoms with E-state index in [-0.39, 0.29) is 5.91 Å². The van der Waals surface area contributed by atoms with Crippen LogP contribution in [0.25, 0.3) is 0 Å². The van der Waals surface area contributed by atoms with Gasteiger partial charge in [-0.2, -0.15) is 5.10 Å². The lowest BCUT2D eigenvalue weighted by Gasteiger charge is -2.09. The lowest BCUT2D eigenvalue weighted by atomic mass is 10.1. The molecule has 0 aliphatic rings. The highest BCUT2D eigenvalue weighted by molar-refractivity contribution is 5.95. The normalized spacial score (nSPS) is 11.3. The number of carbonyl (C=O) groups is 1. The van der Waals surface area contributed by atoms with Crippen LogP contribution in [0, 0.1) is 5.92 Å². The van der Waals surface area contributed by atoms with E-state index in [1.54, 1.807) is 12.1 Å². The van der Waals surface area contributed by atoms with Crippen molar-refractivity contribution in [3.63, 3.8) is 0 Å². The third kappa shape index (κ3) is 5.92. The Morgan fingerprint density at radius 3 is 2.12 bits per heavy atom. The summed E-state index contributed by atoms with van der Waals surface area (Å²) in [5, 5.41) is 4.10. The van der Waals surface area contributed by atoms with E-state index < -0.39 is 0 Å². The van der Waals surface area contributed by atoms with E-state index in [0.29, 0.717) is 24.7 Å². The largest absolute Gasteiger partial charge is 0.494 e. The van der Waals surface area contributed by atoms with E-state index in [1.807, 2.05) is 64.1 Å². The van der Waals surface area contributed by atoms with Gasteiger partial charge in [-0.15, -0.1) is 0 Å². The van der Waals surface area contributed by atoms with Crippen molar-refractivity contribution in [3.05, 3.63) is 59.7 Å². The number of hydrogen-bond donors (Lipinski definition) is 1. The van der Waals surface area contributed by atoms with Crippen LogP contribution < -0.4 is 14.9 Å². The predicted molar refractivity (Wildman–Crippen MR) is 104 cm³/mol. The van der Waals surface area contributed by atoms with Gasteiger partial charge in [-0.3, -0.25) is 4.79 Å². The third-order valence-electron chi connectivity index (χ3n) is 3.93. The molecule has 0 aliphatic carbocycles. The fourth-order valence-corrected chi connectivity index (χ4v) is 2.05. The number of benzene rings is 2. The molecular weight excluding hydrogens is 328 g/mol. The van der Waals surface area contributed by atoms with Crippen molar-refractivity contribution in [2.24, 2.45) is 11.0 Å². The van der Waals surface area contributed by atoms with Crippen molar-refractivity contribution < 1.29 is 14.3 Å². The maximum atomic E-state index is 12.1. The fourth-order valence-electron chi connectivity index (χ4n) is 2.05. The van der Waals surface area contributed by atoms with Crippen molar-refractivity contribution in [3.8, 4) is 11.5 Å². The molecule has 138 valence electrons. The summed E-state index contributed by atoms with van der Waals surface area (Å²) in [6, 6.07) is 14.8. The third-order valence-corrected chi connectivity index (χ3v) is 3.93. The van der Waals surface area contributed by atoms with E-state index in [9.17, 15) is 4.79 Å². The molecule has 2 rings (SSSR count). The van der Waals surface area contributed by atoms with Crippen molar-refractivity contribution in [1.82, 2.24) is 5.43 Å². The van der Waals surface area contributed by atoms with Crippen molar-refractivity contribution in [2.75, 3.05) is 6.61 Å². The Labute approximate surface area is 155 Å². The topological polar surface area (TPSA) is 59.9 Å². The SMILES string of the molecule is CCOc1ccc(OCc2ccc(C(=O)NN=C(C)C(C)C)cc2)cc1. The van der Waals surface area contributed by atoms with Gasteiger partial charge in [-0.1, -0.05) is 26.0 Å². The molecule has 5 nitrogen and oxygen atoms in total. The zero-order chi connectivity index (χ0) is 18.9. The van der Waals surface area contributed by atoms with Gasteiger partial charge in [0.05, 0.1) is 6.61 Å². The molecule has 2 aromatic rings. The molecule has 0 aliphatic heterocycles. The van der Waals surface area contributed by atoms with Gasteiger partial charge in [0.15, 0.2) is 0 Å². The first-order valence-corrected chi connectivity index (χ1v) is 8.78. The quantitative estimate of drug-likeness (QED) is 0.564. The first-order chi connectivity index (χ1) is 12.5. The molecule has 1 N–H and O–H groups in total. The Balaban J connectivity index is 1.88. The van der Waals surface area contributed by atoms with Crippen LogP contribution in [0.2, 0.25) is 0 Å². The van der Waals surface area contributed by atoms with Gasteiger partial charge in [0.25, 0.3) is 5.91 Å². The summed E-state index contributed by atoms with van der Waals surface area (Å²) >= 11 is 0. The molecule has 0 spiro atoms. The molecule has 0 heterocycles. The van der Waals surface area contributed by atoms with Crippen LogP contribution >= 0.6 is 0 Å². The molecule has 0 saturated heterocycles. The lowest BCUT2D eigenvalue weighted by Crippen LogP contribution is -2.20. The number of nitrogens with one attached hydrogen (secondary N) is 1. The highest BCUT2D eigenvalue weighted by Gasteiger charge is 2.06. The molecule has 1 amide bonds. The summed E-state index contributed by atoms with van der Waals surface area (Å²) in [6.45, 7) is 8.98. The Morgan fingerprint density at radius 1 is 1.00 bits per heavy atom. The Morgan fingerprint density at radius 2 is 1.58 bits per heavy atom. The van der Waals surface area contributed by atoms with Gasteiger partial charge < -0.3 is 9.47 Å². The molecule has 5 heteroatoms. The highest BCUT2D eigenvalue weighted by atomic mass is 16.5. The van der Waals surface area contributed by atoms with Crippen molar-refractivity contribution >= 4 is 11.6 Å². The number of nitrogens with zero attached hydrogens (tertiary/aromatic N) is 1. The molecule has 0 fully saturated rings. The summed E-state index contributed by atoms with van der Waals surface area (Å²) in [6.07, 6.45) is 0. The van der Waals surface area contributed by atoms with Crippen LogP contribution in [-0.2, 0) is 6.61 Å². The molecule has 0 saturated carbocycles. The zero-order valence-corrected chi connectivity index (χ0v) is 15.8. The van der Waals surface area contributed by atoms with Crippen LogP contribution in [0.1, 0.15) is 43.6 Å². The number of hydrazone groups is 1. The summed E-state index contributed by atoms with van der Waals surface area (Å²) in [7, 11) is 0. The predicted octanol–water partition coefficient (Wildman–Crippen LogP) is 4.43. The maximum absolute atomic E-state index is 12.1. The summed E-state index contributed by atoms with van der Waals surface area (Å²) in [4.78, 5) is 12.1. The first-order valence-electron chi connectivity index (χ1n) is 8.78. The zero-order valence-electron chi connectivity index (χ0n) is 15.8. The highest BCUT2D eigenvalue weighted by Crippen LogP contribution is 2.18. The summed E-state index contributed by atoms with van der Waals surface area (Å²) in [5.74, 6) is 1.68. The number of carbonyl (C=O) groups excluding carboxylic acids is 1. The van der Waals surface area contributed by atoms with Crippen LogP contribution in [0.15, 0.2) is 53.6 Å². The van der Waals surface area contributed by atoms with E-state index in [4.69, 9.17) is 9.47 Å². The van der Waals surface area contributed by atoms with Gasteiger partial charge in [0.1, 0.15) is 18.1 Å². The minimum atomic E-state index is -0.219. The lowest BCUT2D eigenvalue weighted by molar-refractivity contribution is 0.0954. The van der Waals surface area contributed by atoms with Crippen LogP contribution in [0.4, 0.5) is 0 Å². The van der Waals surface area contributed by atoms with E-state index in [2.05, 4.69) is 10.5 Å². The molecule has 0 aromatic heterocycles. The molecule has 0 bridgehead atoms. The second kappa shape index (κ2) is 9.61. The van der Waals surface area contributed by atoms with Crippen LogP contribution in [0.5, 0.6) is 11.5 Å². The van der Waals surface area contributed by atoms with Gasteiger partial charge in [0, 0.05) is 11.3 Å². The Bertz CT molecular complexity index is 735. The van der Waals surface area contributed by atoms with E-state index >= 15 is 0 Å². The van der Waals surface area contributed by atoms with E-state index in [0.717, 1.165) is 22.8 Å². The maximum Gasteiger partial charge on any atom is 0.271 e. The van der Waals surface area contributed by atoms with Gasteiger partial charge >= 0.3 is 0 Å². The van der Waals surface area contributed by atoms with Crippen molar-refractivity contribution in [2.45, 2.75) is 34.3 Å². The standard InChI is InChI=1S/C21H26N2O3/c1-5-25-19-10-12-20(13-11-19)26-14-17-6-8-18(9-7-17)21(24)23-22-16(4)15(2)3/h6-13,15H,5,14H2,1-4H3,(H,23,24). The summed E-state index contributed by atoms with van der Waals surface area (Å²) < 4.78 is 11.2. The van der Waals surface area contributed by atoms with Crippen LogP contribution in [0.3, 0.4) is 0 Å². The smallest absolute Gasteiger partial charge is 0.271 e. The molecule has 26 heavy (non-hydrogen) atoms. The molecule has 0 atom stereocenters. The van der Waals surface area contributed by atoms with Gasteiger partial charge in [-0.05, 0) is 61.7 Å².